The smallest absolute Gasteiger partial charge is 0.311 e. The number of thioether (sulfide) groups is 1. The highest BCUT2D eigenvalue weighted by Gasteiger charge is 2.28. The average Bonchev–Trinajstić information content (AvgIpc) is 3.15. The van der Waals surface area contributed by atoms with Crippen molar-refractivity contribution in [3.63, 3.8) is 0 Å². The Balaban J connectivity index is 0.999. The van der Waals surface area contributed by atoms with E-state index in [1.165, 1.54) is 31.4 Å². The van der Waals surface area contributed by atoms with Gasteiger partial charge in [-0.05, 0) is 61.6 Å². The first kappa shape index (κ1) is 36.0. The van der Waals surface area contributed by atoms with Crippen molar-refractivity contribution in [2.75, 3.05) is 13.1 Å². The zero-order chi connectivity index (χ0) is 35.7. The fourth-order valence-electron chi connectivity index (χ4n) is 6.59. The van der Waals surface area contributed by atoms with Gasteiger partial charge in [0.1, 0.15) is 5.75 Å². The summed E-state index contributed by atoms with van der Waals surface area (Å²) in [6.07, 6.45) is 7.38. The van der Waals surface area contributed by atoms with Crippen molar-refractivity contribution in [1.82, 2.24) is 19.8 Å². The summed E-state index contributed by atoms with van der Waals surface area (Å²) in [7, 11) is 0. The van der Waals surface area contributed by atoms with Crippen molar-refractivity contribution in [3.8, 4) is 11.4 Å². The van der Waals surface area contributed by atoms with Gasteiger partial charge in [-0.1, -0.05) is 73.5 Å². The van der Waals surface area contributed by atoms with Crippen LogP contribution in [0.4, 0.5) is 5.69 Å². The van der Waals surface area contributed by atoms with Gasteiger partial charge in [-0.25, -0.2) is 4.98 Å². The Morgan fingerprint density at radius 3 is 2.43 bits per heavy atom. The van der Waals surface area contributed by atoms with Gasteiger partial charge in [0.05, 0.1) is 28.4 Å². The lowest BCUT2D eigenvalue weighted by atomic mass is 10.0. The van der Waals surface area contributed by atoms with Crippen LogP contribution in [0.3, 0.4) is 0 Å². The quantitative estimate of drug-likeness (QED) is 0.0527. The number of ether oxygens (including phenoxy) is 1. The summed E-state index contributed by atoms with van der Waals surface area (Å²) < 4.78 is 7.21. The third kappa shape index (κ3) is 9.30. The van der Waals surface area contributed by atoms with Crippen molar-refractivity contribution >= 4 is 29.3 Å². The van der Waals surface area contributed by atoms with E-state index in [9.17, 15) is 24.5 Å². The van der Waals surface area contributed by atoms with E-state index in [0.717, 1.165) is 40.5 Å². The van der Waals surface area contributed by atoms with E-state index in [2.05, 4.69) is 5.32 Å². The number of hydrogen-bond acceptors (Lipinski definition) is 9. The summed E-state index contributed by atoms with van der Waals surface area (Å²) in [6.45, 7) is 3.26. The first-order chi connectivity index (χ1) is 24.7. The fraction of sp³-hybridized carbons (Fsp3) is 0.385. The number of para-hydroxylation sites is 1. The molecule has 1 unspecified atom stereocenters. The molecule has 1 aliphatic heterocycles. The Morgan fingerprint density at radius 2 is 1.73 bits per heavy atom. The molecule has 12 heteroatoms. The van der Waals surface area contributed by atoms with Crippen LogP contribution in [0.2, 0.25) is 0 Å². The molecule has 3 aromatic carbocycles. The normalized spacial score (nSPS) is 15.2. The van der Waals surface area contributed by atoms with E-state index >= 15 is 0 Å². The number of hydrogen-bond donors (Lipinski definition) is 1. The molecule has 0 bridgehead atoms. The molecule has 1 saturated carbocycles. The monoisotopic (exact) mass is 709 g/mol. The van der Waals surface area contributed by atoms with E-state index in [1.54, 1.807) is 45.5 Å². The van der Waals surface area contributed by atoms with Crippen molar-refractivity contribution < 1.29 is 19.2 Å². The number of non-ortho nitro benzene ring substituents is 1. The van der Waals surface area contributed by atoms with Gasteiger partial charge in [-0.15, -0.1) is 0 Å². The molecule has 6 rings (SSSR count). The summed E-state index contributed by atoms with van der Waals surface area (Å²) in [5, 5.41) is 15.4. The molecule has 4 aromatic rings. The molecule has 1 atom stereocenters. The Hall–Kier alpha value is -4.81. The predicted molar refractivity (Wildman–Crippen MR) is 196 cm³/mol. The number of nitrogens with one attached hydrogen (secondary N) is 1. The van der Waals surface area contributed by atoms with Gasteiger partial charge in [0.25, 0.3) is 11.2 Å². The Bertz CT molecular complexity index is 1890. The Labute approximate surface area is 301 Å². The minimum atomic E-state index is -0.457. The largest absolute Gasteiger partial charge is 0.427 e. The molecule has 2 heterocycles. The van der Waals surface area contributed by atoms with Crippen LogP contribution < -0.4 is 15.6 Å². The Morgan fingerprint density at radius 1 is 1.00 bits per heavy atom. The highest BCUT2D eigenvalue weighted by molar-refractivity contribution is 7.99. The van der Waals surface area contributed by atoms with Gasteiger partial charge in [0.15, 0.2) is 5.16 Å². The lowest BCUT2D eigenvalue weighted by Gasteiger charge is -2.30. The number of esters is 1. The first-order valence-corrected chi connectivity index (χ1v) is 18.5. The molecule has 0 radical (unpaired) electrons. The SMILES string of the molecule is CC(NCCC(=O)N1CCc2nc(SC3CCCCC3)n(-c3ccccc3)c(=O)c2C1)c1ccc(OC(=O)CCc2ccc([N+](=O)[O-])cc2)cc1. The van der Waals surface area contributed by atoms with Crippen LogP contribution in [0.25, 0.3) is 5.69 Å². The van der Waals surface area contributed by atoms with E-state index in [-0.39, 0.29) is 42.1 Å². The molecule has 2 aliphatic rings. The van der Waals surface area contributed by atoms with Crippen LogP contribution in [0.1, 0.15) is 80.3 Å². The van der Waals surface area contributed by atoms with E-state index < -0.39 is 4.92 Å². The van der Waals surface area contributed by atoms with Crippen molar-refractivity contribution in [3.05, 3.63) is 122 Å². The van der Waals surface area contributed by atoms with E-state index in [4.69, 9.17) is 9.72 Å². The Kier molecular flexibility index (Phi) is 12.0. The minimum absolute atomic E-state index is 0.0100. The van der Waals surface area contributed by atoms with Crippen LogP contribution in [0, 0.1) is 10.1 Å². The van der Waals surface area contributed by atoms with Gasteiger partial charge >= 0.3 is 5.97 Å². The molecule has 0 saturated heterocycles. The molecule has 1 amide bonds. The minimum Gasteiger partial charge on any atom is -0.427 e. The molecular weight excluding hydrogens is 667 g/mol. The maximum absolute atomic E-state index is 14.0. The second-order valence-corrected chi connectivity index (χ2v) is 14.4. The second-order valence-electron chi connectivity index (χ2n) is 13.1. The molecule has 1 N–H and O–H groups in total. The number of carbonyl (C=O) groups is 2. The molecule has 1 aromatic heterocycles. The summed E-state index contributed by atoms with van der Waals surface area (Å²) >= 11 is 1.72. The van der Waals surface area contributed by atoms with Crippen molar-refractivity contribution in [1.29, 1.82) is 0 Å². The van der Waals surface area contributed by atoms with Gasteiger partial charge in [-0.3, -0.25) is 29.1 Å². The standard InChI is InChI=1S/C39H43N5O6S/c1-27(29-15-19-32(20-16-29)50-37(46)21-14-28-12-17-31(18-13-28)44(48)49)40-24-22-36(45)42-25-23-35-34(26-42)38(47)43(30-8-4-2-5-9-30)39(41-35)51-33-10-6-3-7-11-33/h2,4-5,8-9,12-13,15-20,27,33,40H,3,6-7,10-11,14,21-26H2,1H3. The van der Waals surface area contributed by atoms with Gasteiger partial charge in [-0.2, -0.15) is 0 Å². The molecule has 11 nitrogen and oxygen atoms in total. The van der Waals surface area contributed by atoms with E-state index in [1.807, 2.05) is 49.4 Å². The second kappa shape index (κ2) is 16.9. The number of nitrogens with zero attached hydrogens (tertiary/aromatic N) is 4. The lowest BCUT2D eigenvalue weighted by Crippen LogP contribution is -2.42. The molecule has 266 valence electrons. The molecular formula is C39H43N5O6S. The highest BCUT2D eigenvalue weighted by atomic mass is 32.2. The fourth-order valence-corrected chi connectivity index (χ4v) is 7.92. The number of carbonyl (C=O) groups excluding carboxylic acids is 2. The summed E-state index contributed by atoms with van der Waals surface area (Å²) in [6, 6.07) is 23.0. The predicted octanol–water partition coefficient (Wildman–Crippen LogP) is 6.73. The van der Waals surface area contributed by atoms with Crippen LogP contribution >= 0.6 is 11.8 Å². The van der Waals surface area contributed by atoms with E-state index in [0.29, 0.717) is 48.9 Å². The van der Waals surface area contributed by atoms with Crippen molar-refractivity contribution in [2.45, 2.75) is 87.7 Å². The number of benzene rings is 3. The summed E-state index contributed by atoms with van der Waals surface area (Å²) in [5.41, 5.74) is 3.92. The maximum atomic E-state index is 14.0. The lowest BCUT2D eigenvalue weighted by molar-refractivity contribution is -0.384. The van der Waals surface area contributed by atoms with Crippen LogP contribution in [0.15, 0.2) is 88.8 Å². The van der Waals surface area contributed by atoms with Gasteiger partial charge in [0.2, 0.25) is 5.91 Å². The summed E-state index contributed by atoms with van der Waals surface area (Å²) in [5.74, 6) is 0.0306. The molecule has 1 fully saturated rings. The van der Waals surface area contributed by atoms with Gasteiger partial charge < -0.3 is 15.0 Å². The molecule has 0 spiro atoms. The number of rotatable bonds is 13. The molecule has 1 aliphatic carbocycles. The van der Waals surface area contributed by atoms with Crippen LogP contribution in [-0.4, -0.2) is 49.6 Å². The number of aromatic nitrogens is 2. The maximum Gasteiger partial charge on any atom is 0.311 e. The zero-order valence-electron chi connectivity index (χ0n) is 28.8. The van der Waals surface area contributed by atoms with Crippen LogP contribution in [0.5, 0.6) is 5.75 Å². The van der Waals surface area contributed by atoms with Crippen molar-refractivity contribution in [2.24, 2.45) is 0 Å². The molecule has 51 heavy (non-hydrogen) atoms. The highest BCUT2D eigenvalue weighted by Crippen LogP contribution is 2.34. The first-order valence-electron chi connectivity index (χ1n) is 17.7. The average molecular weight is 710 g/mol. The number of aryl methyl sites for hydroxylation is 1. The topological polar surface area (TPSA) is 137 Å². The number of amides is 1. The number of nitro benzene ring substituents is 1. The number of nitro groups is 1. The third-order valence-corrected chi connectivity index (χ3v) is 10.8. The third-order valence-electron chi connectivity index (χ3n) is 9.56. The zero-order valence-corrected chi connectivity index (χ0v) is 29.6. The van der Waals surface area contributed by atoms with Gasteiger partial charge in [0, 0.05) is 55.8 Å². The van der Waals surface area contributed by atoms with Crippen LogP contribution in [-0.2, 0) is 29.0 Å². The summed E-state index contributed by atoms with van der Waals surface area (Å²) in [4.78, 5) is 56.9. The number of fused-ring (bicyclic) bond motifs is 1.